The molecule has 0 saturated heterocycles. The van der Waals surface area contributed by atoms with Gasteiger partial charge in [-0.25, -0.2) is 0 Å². The van der Waals surface area contributed by atoms with Gasteiger partial charge in [0.2, 0.25) is 0 Å². The minimum atomic E-state index is -1.10. The number of ketones is 2. The monoisotopic (exact) mass is 231 g/mol. The third-order valence-electron chi connectivity index (χ3n) is 1.81. The lowest BCUT2D eigenvalue weighted by Gasteiger charge is -2.04. The van der Waals surface area contributed by atoms with Crippen LogP contribution in [0, 0.1) is 0 Å². The maximum atomic E-state index is 11.2. The molecule has 5 nitrogen and oxygen atoms in total. The number of hydrogen-bond acceptors (Lipinski definition) is 5. The summed E-state index contributed by atoms with van der Waals surface area (Å²) in [4.78, 5) is 32.0. The first-order chi connectivity index (χ1) is 6.86. The van der Waals surface area contributed by atoms with Crippen molar-refractivity contribution in [1.29, 1.82) is 0 Å². The fourth-order valence-electron chi connectivity index (χ4n) is 0.916. The van der Waals surface area contributed by atoms with E-state index in [1.165, 1.54) is 6.92 Å². The molecule has 0 heterocycles. The van der Waals surface area contributed by atoms with Crippen molar-refractivity contribution in [2.45, 2.75) is 32.2 Å². The van der Waals surface area contributed by atoms with Crippen molar-refractivity contribution >= 4 is 34.6 Å². The van der Waals surface area contributed by atoms with E-state index in [-0.39, 0.29) is 17.7 Å². The number of carboxylic acid groups (broad SMARTS) is 1. The van der Waals surface area contributed by atoms with Crippen molar-refractivity contribution in [3.05, 3.63) is 0 Å². The Balaban J connectivity index is 3.88. The number of aliphatic carboxylic acids is 1. The van der Waals surface area contributed by atoms with Gasteiger partial charge in [0.05, 0.1) is 0 Å². The molecule has 0 rings (SSSR count). The maximum Gasteiger partial charge on any atom is 0.320 e. The van der Waals surface area contributed by atoms with Crippen molar-refractivity contribution < 1.29 is 19.5 Å². The number of carboxylic acids is 1. The van der Waals surface area contributed by atoms with E-state index in [1.54, 1.807) is 0 Å². The Bertz CT molecular complexity index is 300. The summed E-state index contributed by atoms with van der Waals surface area (Å²) < 4.78 is 0. The molecule has 1 unspecified atom stereocenters. The van der Waals surface area contributed by atoms with Crippen LogP contribution in [0.3, 0.4) is 0 Å². The molecule has 0 aromatic heterocycles. The highest BCUT2D eigenvalue weighted by molar-refractivity contribution is 7.84. The molecule has 0 spiro atoms. The van der Waals surface area contributed by atoms with E-state index >= 15 is 0 Å². The molecule has 0 fully saturated rings. The Morgan fingerprint density at radius 1 is 1.40 bits per heavy atom. The van der Waals surface area contributed by atoms with Crippen molar-refractivity contribution in [2.75, 3.05) is 0 Å². The van der Waals surface area contributed by atoms with Gasteiger partial charge in [-0.05, 0) is 12.8 Å². The zero-order valence-corrected chi connectivity index (χ0v) is 9.17. The van der Waals surface area contributed by atoms with E-state index in [4.69, 9.17) is 10.8 Å². The van der Waals surface area contributed by atoms with E-state index < -0.39 is 23.6 Å². The molecule has 0 aromatic rings. The summed E-state index contributed by atoms with van der Waals surface area (Å²) in [5.74, 6) is -1.95. The highest BCUT2D eigenvalue weighted by Gasteiger charge is 2.15. The number of thiocarbonyl (C=S) groups is 1. The summed E-state index contributed by atoms with van der Waals surface area (Å²) in [6.45, 7) is 1.23. The van der Waals surface area contributed by atoms with E-state index in [0.717, 1.165) is 0 Å². The van der Waals surface area contributed by atoms with E-state index in [9.17, 15) is 14.4 Å². The molecule has 0 saturated carbocycles. The summed E-state index contributed by atoms with van der Waals surface area (Å²) >= 11 is 4.58. The van der Waals surface area contributed by atoms with Crippen molar-refractivity contribution in [2.24, 2.45) is 5.73 Å². The van der Waals surface area contributed by atoms with E-state index in [0.29, 0.717) is 6.42 Å². The fraction of sp³-hybridized carbons (Fsp3) is 0.556. The first-order valence-electron chi connectivity index (χ1n) is 4.42. The molecular formula is C9H13NO4S. The van der Waals surface area contributed by atoms with Crippen LogP contribution in [0.5, 0.6) is 0 Å². The van der Waals surface area contributed by atoms with Crippen LogP contribution >= 0.6 is 12.2 Å². The minimum absolute atomic E-state index is 0.0688. The SMILES string of the molecule is CC(=O)C(=S)C(=O)CCCC(N)C(=O)O. The van der Waals surface area contributed by atoms with E-state index in [2.05, 4.69) is 12.2 Å². The Kier molecular flexibility index (Phi) is 5.88. The molecule has 3 N–H and O–H groups in total. The molecule has 0 bridgehead atoms. The second-order valence-corrected chi connectivity index (χ2v) is 3.55. The largest absolute Gasteiger partial charge is 0.480 e. The molecule has 0 radical (unpaired) electrons. The molecule has 0 amide bonds. The number of hydrogen-bond donors (Lipinski definition) is 2. The third-order valence-corrected chi connectivity index (χ3v) is 2.32. The first-order valence-corrected chi connectivity index (χ1v) is 4.83. The molecule has 15 heavy (non-hydrogen) atoms. The fourth-order valence-corrected chi connectivity index (χ4v) is 1.02. The maximum absolute atomic E-state index is 11.2. The van der Waals surface area contributed by atoms with Crippen molar-refractivity contribution in [3.63, 3.8) is 0 Å². The van der Waals surface area contributed by atoms with Gasteiger partial charge in [-0.3, -0.25) is 14.4 Å². The molecule has 0 aromatic carbocycles. The number of rotatable bonds is 7. The van der Waals surface area contributed by atoms with Gasteiger partial charge in [-0.15, -0.1) is 0 Å². The lowest BCUT2D eigenvalue weighted by atomic mass is 10.1. The molecule has 1 atom stereocenters. The lowest BCUT2D eigenvalue weighted by Crippen LogP contribution is -2.30. The zero-order chi connectivity index (χ0) is 12.0. The second kappa shape index (κ2) is 6.36. The summed E-state index contributed by atoms with van der Waals surface area (Å²) in [6, 6.07) is -0.969. The van der Waals surface area contributed by atoms with Crippen LogP contribution in [0.2, 0.25) is 0 Å². The Labute approximate surface area is 92.6 Å². The minimum Gasteiger partial charge on any atom is -0.480 e. The van der Waals surface area contributed by atoms with Crippen LogP contribution in [-0.4, -0.2) is 33.5 Å². The van der Waals surface area contributed by atoms with Crippen LogP contribution in [-0.2, 0) is 14.4 Å². The lowest BCUT2D eigenvalue weighted by molar-refractivity contribution is -0.138. The van der Waals surface area contributed by atoms with Crippen LogP contribution in [0.15, 0.2) is 0 Å². The summed E-state index contributed by atoms with van der Waals surface area (Å²) in [6.07, 6.45) is 0.584. The number of carbonyl (C=O) groups excluding carboxylic acids is 2. The predicted molar refractivity (Wildman–Crippen MR) is 57.7 cm³/mol. The zero-order valence-electron chi connectivity index (χ0n) is 8.36. The molecule has 0 aliphatic rings. The molecule has 84 valence electrons. The topological polar surface area (TPSA) is 97.5 Å². The number of nitrogens with two attached hydrogens (primary N) is 1. The van der Waals surface area contributed by atoms with Crippen LogP contribution in [0.1, 0.15) is 26.2 Å². The Morgan fingerprint density at radius 2 is 1.93 bits per heavy atom. The number of carbonyl (C=O) groups is 3. The van der Waals surface area contributed by atoms with Gasteiger partial charge in [0.1, 0.15) is 10.9 Å². The first kappa shape index (κ1) is 13.9. The molecule has 6 heteroatoms. The third kappa shape index (κ3) is 5.34. The highest BCUT2D eigenvalue weighted by Crippen LogP contribution is 2.02. The van der Waals surface area contributed by atoms with Gasteiger partial charge in [-0.1, -0.05) is 12.2 Å². The Morgan fingerprint density at radius 3 is 2.33 bits per heavy atom. The van der Waals surface area contributed by atoms with Gasteiger partial charge < -0.3 is 10.8 Å². The second-order valence-electron chi connectivity index (χ2n) is 3.15. The average Bonchev–Trinajstić information content (AvgIpc) is 2.15. The molecular weight excluding hydrogens is 218 g/mol. The normalized spacial score (nSPS) is 11.9. The van der Waals surface area contributed by atoms with Crippen molar-refractivity contribution in [3.8, 4) is 0 Å². The van der Waals surface area contributed by atoms with Gasteiger partial charge in [0, 0.05) is 13.3 Å². The highest BCUT2D eigenvalue weighted by atomic mass is 32.1. The van der Waals surface area contributed by atoms with Crippen LogP contribution < -0.4 is 5.73 Å². The van der Waals surface area contributed by atoms with Gasteiger partial charge >= 0.3 is 5.97 Å². The van der Waals surface area contributed by atoms with Gasteiger partial charge in [0.25, 0.3) is 0 Å². The van der Waals surface area contributed by atoms with E-state index in [1.807, 2.05) is 0 Å². The van der Waals surface area contributed by atoms with Gasteiger partial charge in [0.15, 0.2) is 11.6 Å². The van der Waals surface area contributed by atoms with Crippen LogP contribution in [0.4, 0.5) is 0 Å². The molecule has 0 aliphatic heterocycles. The van der Waals surface area contributed by atoms with Gasteiger partial charge in [-0.2, -0.15) is 0 Å². The molecule has 0 aliphatic carbocycles. The quantitative estimate of drug-likeness (QED) is 0.476. The Hall–Kier alpha value is -1.14. The smallest absolute Gasteiger partial charge is 0.320 e. The standard InChI is InChI=1S/C9H13NO4S/c1-5(11)8(15)7(12)4-2-3-6(10)9(13)14/h6H,2-4,10H2,1H3,(H,13,14). The average molecular weight is 231 g/mol. The summed E-state index contributed by atoms with van der Waals surface area (Å²) in [5.41, 5.74) is 5.23. The number of Topliss-reactive ketones (excluding diaryl/α,β-unsaturated/α-hetero) is 2. The predicted octanol–water partition coefficient (Wildman–Crippen LogP) is 0.0966. The summed E-state index contributed by atoms with van der Waals surface area (Å²) in [7, 11) is 0. The van der Waals surface area contributed by atoms with Crippen LogP contribution in [0.25, 0.3) is 0 Å². The summed E-state index contributed by atoms with van der Waals surface area (Å²) in [5, 5.41) is 8.45. The van der Waals surface area contributed by atoms with Crippen molar-refractivity contribution in [1.82, 2.24) is 0 Å².